The van der Waals surface area contributed by atoms with Crippen molar-refractivity contribution in [2.24, 2.45) is 11.8 Å². The van der Waals surface area contributed by atoms with E-state index in [2.05, 4.69) is 50.4 Å². The molecule has 1 unspecified atom stereocenters. The lowest BCUT2D eigenvalue weighted by molar-refractivity contribution is 0.400. The molecule has 0 heterocycles. The highest BCUT2D eigenvalue weighted by Gasteiger charge is 2.26. The van der Waals surface area contributed by atoms with Crippen molar-refractivity contribution in [2.45, 2.75) is 52.4 Å². The molecule has 1 aromatic carbocycles. The Morgan fingerprint density at radius 3 is 2.53 bits per heavy atom. The summed E-state index contributed by atoms with van der Waals surface area (Å²) >= 11 is 0. The van der Waals surface area contributed by atoms with Crippen LogP contribution in [-0.4, -0.2) is 13.1 Å². The van der Waals surface area contributed by atoms with Crippen LogP contribution >= 0.6 is 0 Å². The average Bonchev–Trinajstić information content (AvgIpc) is 2.88. The van der Waals surface area contributed by atoms with Gasteiger partial charge in [-0.1, -0.05) is 56.5 Å². The number of nitrogens with one attached hydrogen (secondary N) is 1. The molecule has 0 aromatic heterocycles. The number of benzene rings is 1. The Morgan fingerprint density at radius 1 is 1.16 bits per heavy atom. The fourth-order valence-corrected chi connectivity index (χ4v) is 3.34. The predicted octanol–water partition coefficient (Wildman–Crippen LogP) is 4.51. The van der Waals surface area contributed by atoms with Crippen LogP contribution in [0.25, 0.3) is 0 Å². The van der Waals surface area contributed by atoms with E-state index < -0.39 is 0 Å². The fourth-order valence-electron chi connectivity index (χ4n) is 3.34. The SMILES string of the molecule is Cc1cccc(C(CNCC(C)C)C2CCCC2)c1. The Bertz CT molecular complexity index is 377. The van der Waals surface area contributed by atoms with Gasteiger partial charge in [0.25, 0.3) is 0 Å². The first kappa shape index (κ1) is 14.6. The van der Waals surface area contributed by atoms with Gasteiger partial charge >= 0.3 is 0 Å². The molecule has 2 rings (SSSR count). The molecular weight excluding hydrogens is 230 g/mol. The first-order valence-electron chi connectivity index (χ1n) is 7.94. The Hall–Kier alpha value is -0.820. The van der Waals surface area contributed by atoms with Crippen molar-refractivity contribution in [1.82, 2.24) is 5.32 Å². The van der Waals surface area contributed by atoms with Gasteiger partial charge in [0.15, 0.2) is 0 Å². The third-order valence-electron chi connectivity index (χ3n) is 4.36. The summed E-state index contributed by atoms with van der Waals surface area (Å²) in [5.74, 6) is 2.34. The van der Waals surface area contributed by atoms with Crippen molar-refractivity contribution in [3.05, 3.63) is 35.4 Å². The van der Waals surface area contributed by atoms with Crippen LogP contribution in [0.3, 0.4) is 0 Å². The molecule has 1 fully saturated rings. The molecule has 0 bridgehead atoms. The first-order chi connectivity index (χ1) is 9.16. The third kappa shape index (κ3) is 4.35. The number of aryl methyl sites for hydroxylation is 1. The van der Waals surface area contributed by atoms with Crippen LogP contribution in [0.4, 0.5) is 0 Å². The molecule has 1 aromatic rings. The minimum atomic E-state index is 0.709. The molecule has 1 nitrogen and oxygen atoms in total. The quantitative estimate of drug-likeness (QED) is 0.792. The maximum absolute atomic E-state index is 3.68. The van der Waals surface area contributed by atoms with E-state index in [1.807, 2.05) is 0 Å². The topological polar surface area (TPSA) is 12.0 Å². The minimum absolute atomic E-state index is 0.709. The lowest BCUT2D eigenvalue weighted by Gasteiger charge is -2.25. The molecule has 1 aliphatic carbocycles. The van der Waals surface area contributed by atoms with Crippen molar-refractivity contribution in [2.75, 3.05) is 13.1 Å². The van der Waals surface area contributed by atoms with Crippen molar-refractivity contribution in [3.63, 3.8) is 0 Å². The summed E-state index contributed by atoms with van der Waals surface area (Å²) < 4.78 is 0. The zero-order valence-electron chi connectivity index (χ0n) is 12.8. The summed E-state index contributed by atoms with van der Waals surface area (Å²) in [5.41, 5.74) is 2.94. The average molecular weight is 259 g/mol. The van der Waals surface area contributed by atoms with Gasteiger partial charge < -0.3 is 5.32 Å². The van der Waals surface area contributed by atoms with E-state index in [-0.39, 0.29) is 0 Å². The second-order valence-electron chi connectivity index (χ2n) is 6.62. The van der Waals surface area contributed by atoms with E-state index >= 15 is 0 Å². The van der Waals surface area contributed by atoms with Crippen LogP contribution in [0.5, 0.6) is 0 Å². The lowest BCUT2D eigenvalue weighted by Crippen LogP contribution is -2.28. The summed E-state index contributed by atoms with van der Waals surface area (Å²) in [5, 5.41) is 3.68. The number of rotatable bonds is 6. The van der Waals surface area contributed by atoms with Gasteiger partial charge in [-0.2, -0.15) is 0 Å². The zero-order chi connectivity index (χ0) is 13.7. The molecule has 1 aliphatic rings. The van der Waals surface area contributed by atoms with Gasteiger partial charge in [-0.25, -0.2) is 0 Å². The lowest BCUT2D eigenvalue weighted by atomic mass is 9.84. The fraction of sp³-hybridized carbons (Fsp3) is 0.667. The Labute approximate surface area is 118 Å². The van der Waals surface area contributed by atoms with Crippen LogP contribution in [0.2, 0.25) is 0 Å². The Morgan fingerprint density at radius 2 is 1.89 bits per heavy atom. The van der Waals surface area contributed by atoms with Crippen LogP contribution < -0.4 is 5.32 Å². The highest BCUT2D eigenvalue weighted by Crippen LogP contribution is 2.37. The summed E-state index contributed by atoms with van der Waals surface area (Å²) in [6.45, 7) is 9.05. The molecule has 19 heavy (non-hydrogen) atoms. The monoisotopic (exact) mass is 259 g/mol. The molecule has 0 spiro atoms. The molecule has 1 heteroatoms. The molecule has 0 amide bonds. The highest BCUT2D eigenvalue weighted by molar-refractivity contribution is 5.26. The van der Waals surface area contributed by atoms with Crippen molar-refractivity contribution < 1.29 is 0 Å². The predicted molar refractivity (Wildman–Crippen MR) is 83.6 cm³/mol. The normalized spacial score (nSPS) is 18.1. The maximum Gasteiger partial charge on any atom is 0.00229 e. The summed E-state index contributed by atoms with van der Waals surface area (Å²) in [7, 11) is 0. The van der Waals surface area contributed by atoms with Crippen molar-refractivity contribution >= 4 is 0 Å². The molecule has 0 radical (unpaired) electrons. The van der Waals surface area contributed by atoms with Gasteiger partial charge in [0, 0.05) is 6.54 Å². The molecule has 1 N–H and O–H groups in total. The van der Waals surface area contributed by atoms with Crippen molar-refractivity contribution in [1.29, 1.82) is 0 Å². The Balaban J connectivity index is 2.05. The smallest absolute Gasteiger partial charge is 0.00229 e. The van der Waals surface area contributed by atoms with E-state index in [0.29, 0.717) is 5.92 Å². The molecule has 0 saturated heterocycles. The van der Waals surface area contributed by atoms with E-state index in [1.165, 1.54) is 31.2 Å². The van der Waals surface area contributed by atoms with Crippen LogP contribution in [-0.2, 0) is 0 Å². The molecule has 106 valence electrons. The van der Waals surface area contributed by atoms with E-state index in [0.717, 1.165) is 24.9 Å². The van der Waals surface area contributed by atoms with E-state index in [1.54, 1.807) is 5.56 Å². The van der Waals surface area contributed by atoms with E-state index in [9.17, 15) is 0 Å². The first-order valence-corrected chi connectivity index (χ1v) is 7.94. The Kier molecular flexibility index (Phi) is 5.45. The number of hydrogen-bond donors (Lipinski definition) is 1. The zero-order valence-corrected chi connectivity index (χ0v) is 12.8. The largest absolute Gasteiger partial charge is 0.316 e. The molecule has 0 aliphatic heterocycles. The second-order valence-corrected chi connectivity index (χ2v) is 6.62. The van der Waals surface area contributed by atoms with Crippen LogP contribution in [0, 0.1) is 18.8 Å². The molecule has 1 atom stereocenters. The molecule has 1 saturated carbocycles. The number of hydrogen-bond acceptors (Lipinski definition) is 1. The highest BCUT2D eigenvalue weighted by atomic mass is 14.9. The van der Waals surface area contributed by atoms with Gasteiger partial charge in [-0.3, -0.25) is 0 Å². The van der Waals surface area contributed by atoms with Crippen LogP contribution in [0.1, 0.15) is 56.6 Å². The van der Waals surface area contributed by atoms with Gasteiger partial charge in [-0.05, 0) is 49.6 Å². The van der Waals surface area contributed by atoms with Gasteiger partial charge in [0.05, 0.1) is 0 Å². The summed E-state index contributed by atoms with van der Waals surface area (Å²) in [6, 6.07) is 9.14. The van der Waals surface area contributed by atoms with E-state index in [4.69, 9.17) is 0 Å². The second kappa shape index (κ2) is 7.09. The van der Waals surface area contributed by atoms with Gasteiger partial charge in [0.2, 0.25) is 0 Å². The molecular formula is C18H29N. The maximum atomic E-state index is 3.68. The standard InChI is InChI=1S/C18H29N/c1-14(2)12-19-13-18(16-8-4-5-9-16)17-10-6-7-15(3)11-17/h6-7,10-11,14,16,18-19H,4-5,8-9,12-13H2,1-3H3. The van der Waals surface area contributed by atoms with Gasteiger partial charge in [0.1, 0.15) is 0 Å². The minimum Gasteiger partial charge on any atom is -0.316 e. The van der Waals surface area contributed by atoms with Crippen LogP contribution in [0.15, 0.2) is 24.3 Å². The summed E-state index contributed by atoms with van der Waals surface area (Å²) in [6.07, 6.45) is 5.69. The van der Waals surface area contributed by atoms with Gasteiger partial charge in [-0.15, -0.1) is 0 Å². The van der Waals surface area contributed by atoms with Crippen molar-refractivity contribution in [3.8, 4) is 0 Å². The third-order valence-corrected chi connectivity index (χ3v) is 4.36. The summed E-state index contributed by atoms with van der Waals surface area (Å²) in [4.78, 5) is 0.